The van der Waals surface area contributed by atoms with Crippen LogP contribution in [0.25, 0.3) is 6.08 Å². The number of hydrogen-bond acceptors (Lipinski definition) is 6. The zero-order valence-corrected chi connectivity index (χ0v) is 18.4. The normalized spacial score (nSPS) is 18.5. The van der Waals surface area contributed by atoms with Crippen molar-refractivity contribution in [2.24, 2.45) is 5.16 Å². The van der Waals surface area contributed by atoms with E-state index in [2.05, 4.69) is 5.16 Å². The summed E-state index contributed by atoms with van der Waals surface area (Å²) in [6, 6.07) is 7.84. The van der Waals surface area contributed by atoms with Gasteiger partial charge in [0.2, 0.25) is 0 Å². The molecule has 1 heterocycles. The molecule has 2 rings (SSSR count). The zero-order chi connectivity index (χ0) is 21.4. The Morgan fingerprint density at radius 3 is 2.43 bits per heavy atom. The molecule has 1 aromatic rings. The van der Waals surface area contributed by atoms with Crippen LogP contribution in [0.15, 0.2) is 35.5 Å². The molecule has 1 aromatic carbocycles. The Hall–Kier alpha value is -2.15. The van der Waals surface area contributed by atoms with Gasteiger partial charge in [-0.3, -0.25) is 4.79 Å². The van der Waals surface area contributed by atoms with Gasteiger partial charge in [0.05, 0.1) is 12.3 Å². The van der Waals surface area contributed by atoms with Gasteiger partial charge >= 0.3 is 5.97 Å². The second kappa shape index (κ2) is 10.4. The standard InChI is InChI=1S/C19H25NO5S.C2H6/c1-5-7-14-8-10-15(11-9-14)17-12-16(25-20-17)13-19(3,26(4,22)23)18(21)24-6-2;1-2/h5,7-11,16H,6,12-13H2,1-4H3;1-2H3/b7-5+;/t16-,19-;/m1./s1. The molecule has 2 atom stereocenters. The van der Waals surface area contributed by atoms with Crippen molar-refractivity contribution in [2.75, 3.05) is 12.9 Å². The van der Waals surface area contributed by atoms with Gasteiger partial charge in [0.15, 0.2) is 14.6 Å². The highest BCUT2D eigenvalue weighted by molar-refractivity contribution is 7.92. The van der Waals surface area contributed by atoms with E-state index >= 15 is 0 Å². The van der Waals surface area contributed by atoms with E-state index in [1.165, 1.54) is 6.92 Å². The first-order valence-electron chi connectivity index (χ1n) is 9.54. The molecule has 0 saturated carbocycles. The van der Waals surface area contributed by atoms with Crippen LogP contribution in [0.2, 0.25) is 0 Å². The Balaban J connectivity index is 0.00000190. The van der Waals surface area contributed by atoms with Crippen LogP contribution >= 0.6 is 0 Å². The smallest absolute Gasteiger partial charge is 0.327 e. The van der Waals surface area contributed by atoms with Gasteiger partial charge in [0.25, 0.3) is 0 Å². The fraction of sp³-hybridized carbons (Fsp3) is 0.524. The largest absolute Gasteiger partial charge is 0.465 e. The average Bonchev–Trinajstić information content (AvgIpc) is 3.12. The van der Waals surface area contributed by atoms with Crippen LogP contribution in [0.1, 0.15) is 58.6 Å². The highest BCUT2D eigenvalue weighted by Crippen LogP contribution is 2.30. The Bertz CT molecular complexity index is 812. The van der Waals surface area contributed by atoms with E-state index in [9.17, 15) is 13.2 Å². The summed E-state index contributed by atoms with van der Waals surface area (Å²) in [4.78, 5) is 17.7. The molecule has 0 N–H and O–H groups in total. The van der Waals surface area contributed by atoms with E-state index in [1.54, 1.807) is 6.92 Å². The van der Waals surface area contributed by atoms with Crippen molar-refractivity contribution in [2.45, 2.75) is 58.3 Å². The maximum atomic E-state index is 12.2. The molecule has 0 saturated heterocycles. The Morgan fingerprint density at radius 2 is 1.93 bits per heavy atom. The van der Waals surface area contributed by atoms with E-state index < -0.39 is 26.7 Å². The van der Waals surface area contributed by atoms with E-state index in [0.29, 0.717) is 6.42 Å². The lowest BCUT2D eigenvalue weighted by atomic mass is 9.96. The number of ether oxygens (including phenoxy) is 1. The van der Waals surface area contributed by atoms with Crippen LogP contribution in [0.4, 0.5) is 0 Å². The number of nitrogens with zero attached hydrogens (tertiary/aromatic N) is 1. The number of rotatable bonds is 7. The van der Waals surface area contributed by atoms with Gasteiger partial charge in [0.1, 0.15) is 6.10 Å². The van der Waals surface area contributed by atoms with Crippen LogP contribution in [-0.2, 0) is 24.2 Å². The highest BCUT2D eigenvalue weighted by Gasteiger charge is 2.48. The fourth-order valence-corrected chi connectivity index (χ4v) is 3.64. The molecule has 1 aliphatic rings. The summed E-state index contributed by atoms with van der Waals surface area (Å²) >= 11 is 0. The lowest BCUT2D eigenvalue weighted by molar-refractivity contribution is -0.146. The minimum Gasteiger partial charge on any atom is -0.465 e. The van der Waals surface area contributed by atoms with E-state index in [1.807, 2.05) is 57.2 Å². The Morgan fingerprint density at radius 1 is 1.32 bits per heavy atom. The molecule has 7 heteroatoms. The molecular weight excluding hydrogens is 378 g/mol. The summed E-state index contributed by atoms with van der Waals surface area (Å²) in [7, 11) is -3.68. The van der Waals surface area contributed by atoms with E-state index in [-0.39, 0.29) is 13.0 Å². The van der Waals surface area contributed by atoms with Crippen molar-refractivity contribution < 1.29 is 22.8 Å². The van der Waals surface area contributed by atoms with Crippen LogP contribution in [0.5, 0.6) is 0 Å². The minimum atomic E-state index is -3.68. The zero-order valence-electron chi connectivity index (χ0n) is 17.6. The van der Waals surface area contributed by atoms with E-state index in [4.69, 9.17) is 9.57 Å². The molecule has 28 heavy (non-hydrogen) atoms. The van der Waals surface area contributed by atoms with Crippen molar-refractivity contribution in [3.63, 3.8) is 0 Å². The van der Waals surface area contributed by atoms with Crippen LogP contribution in [-0.4, -0.2) is 43.8 Å². The van der Waals surface area contributed by atoms with Gasteiger partial charge in [0, 0.05) is 19.1 Å². The molecule has 0 fully saturated rings. The topological polar surface area (TPSA) is 82.0 Å². The second-order valence-electron chi connectivity index (χ2n) is 6.52. The molecule has 1 aliphatic heterocycles. The number of allylic oxidation sites excluding steroid dienone is 1. The van der Waals surface area contributed by atoms with Gasteiger partial charge < -0.3 is 9.57 Å². The van der Waals surface area contributed by atoms with Gasteiger partial charge in [-0.25, -0.2) is 8.42 Å². The molecule has 0 amide bonds. The predicted molar refractivity (Wildman–Crippen MR) is 113 cm³/mol. The third-order valence-corrected chi connectivity index (χ3v) is 6.45. The average molecular weight is 410 g/mol. The number of carbonyl (C=O) groups is 1. The number of hydrogen-bond donors (Lipinski definition) is 0. The highest BCUT2D eigenvalue weighted by atomic mass is 32.2. The van der Waals surface area contributed by atoms with E-state index in [0.717, 1.165) is 23.1 Å². The number of benzene rings is 1. The summed E-state index contributed by atoms with van der Waals surface area (Å²) in [5, 5.41) is 4.09. The first-order valence-corrected chi connectivity index (χ1v) is 11.4. The summed E-state index contributed by atoms with van der Waals surface area (Å²) in [5.74, 6) is -0.754. The summed E-state index contributed by atoms with van der Waals surface area (Å²) in [5.41, 5.74) is 2.74. The number of sulfone groups is 1. The van der Waals surface area contributed by atoms with Gasteiger partial charge in [-0.05, 0) is 31.9 Å². The lowest BCUT2D eigenvalue weighted by Gasteiger charge is -2.27. The SMILES string of the molecule is C/C=C/c1ccc(C2=NO[C@@H](C[C@](C)(C(=O)OCC)S(C)(=O)=O)C2)cc1.CC. The molecule has 0 spiro atoms. The molecule has 0 unspecified atom stereocenters. The first-order chi connectivity index (χ1) is 13.2. The van der Waals surface area contributed by atoms with Crippen molar-refractivity contribution in [3.8, 4) is 0 Å². The molecule has 0 bridgehead atoms. The Labute approximate surface area is 168 Å². The van der Waals surface area contributed by atoms with Crippen molar-refractivity contribution in [1.29, 1.82) is 0 Å². The summed E-state index contributed by atoms with van der Waals surface area (Å²) in [6.45, 7) is 9.10. The van der Waals surface area contributed by atoms with Crippen molar-refractivity contribution in [1.82, 2.24) is 0 Å². The maximum Gasteiger partial charge on any atom is 0.327 e. The molecule has 0 aliphatic carbocycles. The van der Waals surface area contributed by atoms with Crippen LogP contribution in [0.3, 0.4) is 0 Å². The third kappa shape index (κ3) is 5.67. The quantitative estimate of drug-likeness (QED) is 0.636. The Kier molecular flexibility index (Phi) is 8.88. The van der Waals surface area contributed by atoms with Gasteiger partial charge in [-0.2, -0.15) is 0 Å². The molecule has 6 nitrogen and oxygen atoms in total. The summed E-state index contributed by atoms with van der Waals surface area (Å²) < 4.78 is 27.7. The number of esters is 1. The monoisotopic (exact) mass is 409 g/mol. The van der Waals surface area contributed by atoms with Crippen molar-refractivity contribution >= 4 is 27.6 Å². The summed E-state index contributed by atoms with van der Waals surface area (Å²) in [6.07, 6.45) is 4.94. The van der Waals surface area contributed by atoms with Gasteiger partial charge in [-0.1, -0.05) is 55.4 Å². The minimum absolute atomic E-state index is 0.00563. The fourth-order valence-electron chi connectivity index (χ4n) is 2.79. The predicted octanol–water partition coefficient (Wildman–Crippen LogP) is 4.00. The molecular formula is C21H31NO5S. The van der Waals surface area contributed by atoms with Gasteiger partial charge in [-0.15, -0.1) is 0 Å². The lowest BCUT2D eigenvalue weighted by Crippen LogP contribution is -2.47. The van der Waals surface area contributed by atoms with Crippen LogP contribution in [0, 0.1) is 0 Å². The number of oxime groups is 1. The number of carbonyl (C=O) groups excluding carboxylic acids is 1. The molecule has 0 radical (unpaired) electrons. The van der Waals surface area contributed by atoms with Crippen molar-refractivity contribution in [3.05, 3.63) is 41.5 Å². The first kappa shape index (κ1) is 23.9. The molecule has 156 valence electrons. The maximum absolute atomic E-state index is 12.2. The third-order valence-electron chi connectivity index (χ3n) is 4.48. The second-order valence-corrected chi connectivity index (χ2v) is 8.96. The van der Waals surface area contributed by atoms with Crippen LogP contribution < -0.4 is 0 Å². The molecule has 0 aromatic heterocycles.